The van der Waals surface area contributed by atoms with E-state index in [2.05, 4.69) is 20.6 Å². The van der Waals surface area contributed by atoms with Crippen LogP contribution in [0.4, 0.5) is 16.2 Å². The van der Waals surface area contributed by atoms with Crippen molar-refractivity contribution in [1.29, 1.82) is 0 Å². The second-order valence-corrected chi connectivity index (χ2v) is 12.3. The zero-order valence-electron chi connectivity index (χ0n) is 23.9. The van der Waals surface area contributed by atoms with Gasteiger partial charge >= 0.3 is 0 Å². The van der Waals surface area contributed by atoms with Crippen LogP contribution in [-0.2, 0) is 16.0 Å². The summed E-state index contributed by atoms with van der Waals surface area (Å²) in [6.07, 6.45) is 9.20. The number of rotatable bonds is 8. The lowest BCUT2D eigenvalue weighted by Gasteiger charge is -2.30. The molecule has 3 aromatic rings. The highest BCUT2D eigenvalue weighted by Gasteiger charge is 2.28. The molecule has 0 bridgehead atoms. The van der Waals surface area contributed by atoms with Crippen LogP contribution in [0.3, 0.4) is 0 Å². The van der Waals surface area contributed by atoms with Gasteiger partial charge in [-0.2, -0.15) is 4.98 Å². The van der Waals surface area contributed by atoms with Gasteiger partial charge in [0.1, 0.15) is 17.9 Å². The molecular formula is C32H36FN5O2S. The number of carbonyl (C=O) groups excluding carboxylic acids is 1. The average molecular weight is 574 g/mol. The summed E-state index contributed by atoms with van der Waals surface area (Å²) >= 11 is -1.04. The minimum Gasteiger partial charge on any atom is -0.612 e. The molecule has 0 saturated heterocycles. The molecular weight excluding hydrogens is 537 g/mol. The lowest BCUT2D eigenvalue weighted by Crippen LogP contribution is -2.40. The summed E-state index contributed by atoms with van der Waals surface area (Å²) in [4.78, 5) is 24.8. The summed E-state index contributed by atoms with van der Waals surface area (Å²) in [6.45, 7) is 1.99. The Balaban J connectivity index is 1.24. The molecule has 2 aliphatic carbocycles. The van der Waals surface area contributed by atoms with Gasteiger partial charge in [0.15, 0.2) is 4.90 Å². The number of hydrogen-bond acceptors (Lipinski definition) is 6. The van der Waals surface area contributed by atoms with Crippen molar-refractivity contribution >= 4 is 46.1 Å². The van der Waals surface area contributed by atoms with Crippen molar-refractivity contribution in [2.24, 2.45) is 0 Å². The molecule has 7 nitrogen and oxygen atoms in total. The van der Waals surface area contributed by atoms with Gasteiger partial charge < -0.3 is 20.1 Å². The van der Waals surface area contributed by atoms with E-state index >= 15 is 0 Å². The summed E-state index contributed by atoms with van der Waals surface area (Å²) in [7, 11) is 3.90. The molecule has 0 aliphatic heterocycles. The highest BCUT2D eigenvalue weighted by molar-refractivity contribution is 7.90. The maximum absolute atomic E-state index is 14.3. The second kappa shape index (κ2) is 12.4. The first kappa shape index (κ1) is 28.8. The molecule has 5 rings (SSSR count). The summed E-state index contributed by atoms with van der Waals surface area (Å²) in [6, 6.07) is 14.6. The molecule has 9 heteroatoms. The van der Waals surface area contributed by atoms with E-state index in [9.17, 15) is 13.7 Å². The van der Waals surface area contributed by atoms with E-state index in [0.717, 1.165) is 69.8 Å². The molecule has 214 valence electrons. The number of hydrogen-bond donors (Lipinski definition) is 2. The number of nitrogens with zero attached hydrogens (tertiary/aromatic N) is 3. The fraction of sp³-hybridized carbons (Fsp3) is 0.344. The Morgan fingerprint density at radius 2 is 1.78 bits per heavy atom. The van der Waals surface area contributed by atoms with Gasteiger partial charge in [0.2, 0.25) is 11.9 Å². The van der Waals surface area contributed by atoms with Gasteiger partial charge in [0.05, 0.1) is 6.42 Å². The minimum absolute atomic E-state index is 0.0518. The first-order chi connectivity index (χ1) is 19.7. The van der Waals surface area contributed by atoms with Crippen LogP contribution in [0.15, 0.2) is 65.2 Å². The number of anilines is 2. The lowest BCUT2D eigenvalue weighted by molar-refractivity contribution is -0.121. The van der Waals surface area contributed by atoms with Gasteiger partial charge in [-0.25, -0.2) is 9.37 Å². The molecule has 2 aliphatic rings. The van der Waals surface area contributed by atoms with Crippen LogP contribution >= 0.6 is 0 Å². The van der Waals surface area contributed by atoms with Crippen LogP contribution in [0.2, 0.25) is 0 Å². The van der Waals surface area contributed by atoms with Gasteiger partial charge in [0, 0.05) is 32.4 Å². The van der Waals surface area contributed by atoms with E-state index in [1.54, 1.807) is 18.5 Å². The molecule has 0 spiro atoms. The van der Waals surface area contributed by atoms with Crippen molar-refractivity contribution in [3.63, 3.8) is 0 Å². The van der Waals surface area contributed by atoms with Crippen molar-refractivity contribution in [2.75, 3.05) is 30.6 Å². The third kappa shape index (κ3) is 6.80. The van der Waals surface area contributed by atoms with Gasteiger partial charge in [0.25, 0.3) is 0 Å². The number of amides is 1. The number of benzene rings is 2. The molecule has 1 saturated carbocycles. The van der Waals surface area contributed by atoms with Crippen LogP contribution < -0.4 is 15.5 Å². The quantitative estimate of drug-likeness (QED) is 0.337. The molecule has 0 radical (unpaired) electrons. The SMILES string of the molecule is CC1=C(CC(=O)NC2CCC(Nc3nccc(N(C)C)n3)CC2)c2cc(F)ccc2C1=Cc1ccc([S+](C)[O-])cc1. The molecule has 1 atom stereocenters. The van der Waals surface area contributed by atoms with Crippen LogP contribution in [0.25, 0.3) is 17.2 Å². The van der Waals surface area contributed by atoms with Gasteiger partial charge in [-0.1, -0.05) is 6.07 Å². The lowest BCUT2D eigenvalue weighted by atomic mass is 9.91. The van der Waals surface area contributed by atoms with Crippen molar-refractivity contribution in [1.82, 2.24) is 15.3 Å². The Labute approximate surface area is 244 Å². The molecule has 1 heterocycles. The van der Waals surface area contributed by atoms with Crippen molar-refractivity contribution in [3.8, 4) is 0 Å². The highest BCUT2D eigenvalue weighted by atomic mass is 32.2. The zero-order valence-corrected chi connectivity index (χ0v) is 24.7. The Morgan fingerprint density at radius 1 is 1.07 bits per heavy atom. The number of aromatic nitrogens is 2. The molecule has 2 N–H and O–H groups in total. The smallest absolute Gasteiger partial charge is 0.224 e. The van der Waals surface area contributed by atoms with Crippen molar-refractivity contribution in [2.45, 2.75) is 56.0 Å². The maximum Gasteiger partial charge on any atom is 0.224 e. The average Bonchev–Trinajstić information content (AvgIpc) is 3.19. The normalized spacial score (nSPS) is 20.1. The monoisotopic (exact) mass is 573 g/mol. The van der Waals surface area contributed by atoms with E-state index in [1.807, 2.05) is 62.3 Å². The molecule has 41 heavy (non-hydrogen) atoms. The molecule has 1 amide bonds. The fourth-order valence-corrected chi connectivity index (χ4v) is 6.09. The largest absolute Gasteiger partial charge is 0.612 e. The second-order valence-electron chi connectivity index (χ2n) is 10.9. The number of carbonyl (C=O) groups is 1. The van der Waals surface area contributed by atoms with E-state index in [1.165, 1.54) is 12.1 Å². The van der Waals surface area contributed by atoms with Crippen molar-refractivity contribution < 1.29 is 13.7 Å². The number of allylic oxidation sites excluding steroid dienone is 2. The molecule has 1 unspecified atom stereocenters. The van der Waals surface area contributed by atoms with E-state index < -0.39 is 11.2 Å². The first-order valence-corrected chi connectivity index (χ1v) is 15.5. The third-order valence-electron chi connectivity index (χ3n) is 7.84. The third-order valence-corrected chi connectivity index (χ3v) is 8.77. The van der Waals surface area contributed by atoms with Gasteiger partial charge in [-0.15, -0.1) is 0 Å². The van der Waals surface area contributed by atoms with Crippen LogP contribution in [0.1, 0.15) is 55.7 Å². The summed E-state index contributed by atoms with van der Waals surface area (Å²) in [5, 5.41) is 6.66. The molecule has 2 aromatic carbocycles. The maximum atomic E-state index is 14.3. The Hall–Kier alpha value is -3.69. The first-order valence-electron chi connectivity index (χ1n) is 13.9. The highest BCUT2D eigenvalue weighted by Crippen LogP contribution is 2.44. The standard InChI is InChI=1S/C32H36FN5O2S/c1-20-27(17-21-5-12-25(13-6-21)41(4)40)26-14-7-22(33)18-29(26)28(20)19-31(39)35-23-8-10-24(11-9-23)36-32-34-16-15-30(37-32)38(2)3/h5-7,12-18,23-24H,8-11,19H2,1-4H3,(H,35,39)(H,34,36,37). The van der Waals surface area contributed by atoms with Crippen molar-refractivity contribution in [3.05, 3.63) is 82.8 Å². The fourth-order valence-electron chi connectivity index (χ4n) is 5.58. The predicted molar refractivity (Wildman–Crippen MR) is 164 cm³/mol. The number of halogens is 1. The zero-order chi connectivity index (χ0) is 29.1. The van der Waals surface area contributed by atoms with Gasteiger partial charge in [-0.3, -0.25) is 4.79 Å². The van der Waals surface area contributed by atoms with Gasteiger partial charge in [-0.05, 0) is 126 Å². The summed E-state index contributed by atoms with van der Waals surface area (Å²) in [5.74, 6) is 1.10. The molecule has 1 fully saturated rings. The predicted octanol–water partition coefficient (Wildman–Crippen LogP) is 5.68. The van der Waals surface area contributed by atoms with E-state index in [-0.39, 0.29) is 30.2 Å². The van der Waals surface area contributed by atoms with Crippen LogP contribution in [0, 0.1) is 5.82 Å². The summed E-state index contributed by atoms with van der Waals surface area (Å²) < 4.78 is 26.1. The Kier molecular flexibility index (Phi) is 8.75. The van der Waals surface area contributed by atoms with Crippen LogP contribution in [0.5, 0.6) is 0 Å². The van der Waals surface area contributed by atoms with E-state index in [4.69, 9.17) is 0 Å². The Morgan fingerprint density at radius 3 is 2.46 bits per heavy atom. The number of nitrogens with one attached hydrogen (secondary N) is 2. The Bertz CT molecular complexity index is 1480. The van der Waals surface area contributed by atoms with E-state index in [0.29, 0.717) is 5.95 Å². The minimum atomic E-state index is -1.04. The number of fused-ring (bicyclic) bond motifs is 1. The van der Waals surface area contributed by atoms with Crippen LogP contribution in [-0.4, -0.2) is 52.9 Å². The summed E-state index contributed by atoms with van der Waals surface area (Å²) in [5.41, 5.74) is 5.43. The molecule has 1 aromatic heterocycles. The topological polar surface area (TPSA) is 93.2 Å².